The molecule has 11 nitrogen and oxygen atoms in total. The van der Waals surface area contributed by atoms with Crippen LogP contribution in [0.5, 0.6) is 0 Å². The van der Waals surface area contributed by atoms with Crippen LogP contribution >= 0.6 is 0 Å². The van der Waals surface area contributed by atoms with Crippen LogP contribution in [0, 0.1) is 0 Å². The van der Waals surface area contributed by atoms with E-state index in [1.165, 1.54) is 83.5 Å². The van der Waals surface area contributed by atoms with E-state index >= 15 is 0 Å². The molecule has 0 radical (unpaired) electrons. The van der Waals surface area contributed by atoms with Crippen molar-refractivity contribution in [3.8, 4) is 0 Å². The Morgan fingerprint density at radius 1 is 0.506 bits per heavy atom. The minimum absolute atomic E-state index is 0.101. The highest BCUT2D eigenvalue weighted by Gasteiger charge is 2.47. The van der Waals surface area contributed by atoms with Gasteiger partial charge in [0.05, 0.1) is 25.4 Å². The molecule has 1 amide bonds. The van der Waals surface area contributed by atoms with E-state index in [-0.39, 0.29) is 19.4 Å². The Hall–Kier alpha value is -3.42. The summed E-state index contributed by atoms with van der Waals surface area (Å²) < 4.78 is 17.6. The third-order valence-corrected chi connectivity index (χ3v) is 14.5. The standard InChI is InChI=1S/C68H117NO10/c1-4-7-10-13-16-19-22-24-26-27-28-29-30-31-32-33-34-35-36-38-41-44-47-50-53-56-63(73)79-66-65(75)64(74)62(57-70)78-68(66)77-58-59(60(71)54-51-48-45-42-39-21-18-15-12-9-6-3)69-67(76)61(72)55-52-49-46-43-40-37-25-23-20-17-14-11-8-5-2/h7,10,16,19-20,23-24,26,28-29,31-32,34-35,51,54,59-62,64-66,68,70-72,74-75H,4-6,8-9,11-15,17-18,21-22,25,27,30,33,36-50,52-53,55-58H2,1-3H3,(H,69,76)/b10-7-,19-16-,23-20-,26-24-,29-28-,32-31-,35-34-,54-51+. The molecule has 0 aromatic heterocycles. The van der Waals surface area contributed by atoms with Crippen molar-refractivity contribution >= 4 is 11.9 Å². The molecule has 79 heavy (non-hydrogen) atoms. The molecule has 454 valence electrons. The van der Waals surface area contributed by atoms with Gasteiger partial charge in [0.1, 0.15) is 24.4 Å². The highest BCUT2D eigenvalue weighted by molar-refractivity contribution is 5.80. The van der Waals surface area contributed by atoms with Crippen molar-refractivity contribution in [2.45, 2.75) is 307 Å². The molecule has 0 aromatic carbocycles. The van der Waals surface area contributed by atoms with E-state index in [0.29, 0.717) is 12.8 Å². The Morgan fingerprint density at radius 3 is 1.39 bits per heavy atom. The highest BCUT2D eigenvalue weighted by Crippen LogP contribution is 2.26. The maximum Gasteiger partial charge on any atom is 0.306 e. The van der Waals surface area contributed by atoms with E-state index in [0.717, 1.165) is 128 Å². The molecular weight excluding hydrogens is 991 g/mol. The minimum Gasteiger partial charge on any atom is -0.454 e. The van der Waals surface area contributed by atoms with Crippen LogP contribution < -0.4 is 5.32 Å². The number of amides is 1. The maximum atomic E-state index is 13.4. The van der Waals surface area contributed by atoms with Crippen LogP contribution in [0.4, 0.5) is 0 Å². The molecule has 0 saturated carbocycles. The molecule has 6 N–H and O–H groups in total. The van der Waals surface area contributed by atoms with Gasteiger partial charge in [0.25, 0.3) is 0 Å². The second kappa shape index (κ2) is 55.1. The van der Waals surface area contributed by atoms with Gasteiger partial charge in [-0.25, -0.2) is 0 Å². The normalized spacial score (nSPS) is 19.5. The molecule has 0 spiro atoms. The van der Waals surface area contributed by atoms with E-state index in [9.17, 15) is 35.1 Å². The van der Waals surface area contributed by atoms with E-state index in [4.69, 9.17) is 14.2 Å². The molecule has 8 unspecified atom stereocenters. The van der Waals surface area contributed by atoms with Crippen molar-refractivity contribution in [3.05, 3.63) is 97.2 Å². The monoisotopic (exact) mass is 1110 g/mol. The number of aliphatic hydroxyl groups excluding tert-OH is 5. The lowest BCUT2D eigenvalue weighted by Crippen LogP contribution is -2.61. The molecule has 0 aliphatic carbocycles. The Kier molecular flexibility index (Phi) is 51.4. The Bertz CT molecular complexity index is 1650. The second-order valence-electron chi connectivity index (χ2n) is 21.8. The first-order valence-electron chi connectivity index (χ1n) is 32.0. The topological polar surface area (TPSA) is 175 Å². The second-order valence-corrected chi connectivity index (χ2v) is 21.8. The first-order chi connectivity index (χ1) is 38.7. The summed E-state index contributed by atoms with van der Waals surface area (Å²) in [5.74, 6) is -1.22. The average Bonchev–Trinajstić information content (AvgIpc) is 3.47. The lowest BCUT2D eigenvalue weighted by molar-refractivity contribution is -0.305. The molecule has 1 aliphatic heterocycles. The smallest absolute Gasteiger partial charge is 0.306 e. The Morgan fingerprint density at radius 2 is 0.911 bits per heavy atom. The van der Waals surface area contributed by atoms with E-state index < -0.39 is 67.4 Å². The number of nitrogens with one attached hydrogen (secondary N) is 1. The van der Waals surface area contributed by atoms with Crippen molar-refractivity contribution in [2.75, 3.05) is 13.2 Å². The van der Waals surface area contributed by atoms with Gasteiger partial charge in [-0.1, -0.05) is 246 Å². The fraction of sp³-hybridized carbons (Fsp3) is 0.735. The number of carbonyl (C=O) groups is 2. The largest absolute Gasteiger partial charge is 0.454 e. The molecular formula is C68H117NO10. The van der Waals surface area contributed by atoms with Crippen LogP contribution in [0.2, 0.25) is 0 Å². The summed E-state index contributed by atoms with van der Waals surface area (Å²) in [6.07, 6.45) is 63.0. The Balaban J connectivity index is 2.62. The molecule has 0 aromatic rings. The Labute approximate surface area is 482 Å². The molecule has 1 aliphatic rings. The molecule has 1 fully saturated rings. The molecule has 11 heteroatoms. The van der Waals surface area contributed by atoms with Crippen molar-refractivity contribution < 1.29 is 49.3 Å². The van der Waals surface area contributed by atoms with Gasteiger partial charge in [-0.15, -0.1) is 0 Å². The maximum absolute atomic E-state index is 13.4. The van der Waals surface area contributed by atoms with Crippen LogP contribution in [0.1, 0.15) is 258 Å². The van der Waals surface area contributed by atoms with Gasteiger partial charge in [-0.2, -0.15) is 0 Å². The van der Waals surface area contributed by atoms with Crippen LogP contribution in [-0.4, -0.2) is 99.6 Å². The van der Waals surface area contributed by atoms with Crippen molar-refractivity contribution in [3.63, 3.8) is 0 Å². The number of hydrogen-bond acceptors (Lipinski definition) is 10. The summed E-state index contributed by atoms with van der Waals surface area (Å²) in [4.78, 5) is 26.5. The number of aliphatic hydroxyl groups is 5. The number of carbonyl (C=O) groups excluding carboxylic acids is 2. The highest BCUT2D eigenvalue weighted by atomic mass is 16.7. The quantitative estimate of drug-likeness (QED) is 0.0195. The summed E-state index contributed by atoms with van der Waals surface area (Å²) >= 11 is 0. The molecule has 1 heterocycles. The van der Waals surface area contributed by atoms with Gasteiger partial charge >= 0.3 is 5.97 Å². The molecule has 1 saturated heterocycles. The van der Waals surface area contributed by atoms with Crippen LogP contribution in [-0.2, 0) is 23.8 Å². The van der Waals surface area contributed by atoms with Gasteiger partial charge in [-0.05, 0) is 103 Å². The fourth-order valence-electron chi connectivity index (χ4n) is 9.41. The van der Waals surface area contributed by atoms with Crippen molar-refractivity contribution in [1.82, 2.24) is 5.32 Å². The van der Waals surface area contributed by atoms with E-state index in [2.05, 4.69) is 111 Å². The van der Waals surface area contributed by atoms with Crippen LogP contribution in [0.3, 0.4) is 0 Å². The van der Waals surface area contributed by atoms with Crippen LogP contribution in [0.25, 0.3) is 0 Å². The predicted molar refractivity (Wildman–Crippen MR) is 329 cm³/mol. The third kappa shape index (κ3) is 43.0. The molecule has 0 bridgehead atoms. The minimum atomic E-state index is -1.63. The lowest BCUT2D eigenvalue weighted by Gasteiger charge is -2.41. The number of esters is 1. The van der Waals surface area contributed by atoms with Crippen LogP contribution in [0.15, 0.2) is 97.2 Å². The zero-order valence-corrected chi connectivity index (χ0v) is 50.2. The van der Waals surface area contributed by atoms with Gasteiger partial charge in [0, 0.05) is 6.42 Å². The number of ether oxygens (including phenoxy) is 3. The van der Waals surface area contributed by atoms with Crippen molar-refractivity contribution in [1.29, 1.82) is 0 Å². The zero-order chi connectivity index (χ0) is 57.5. The number of rotatable bonds is 53. The SMILES string of the molecule is CC/C=C\C/C=C\C/C=C\C/C=C\C/C=C\C/C=C\CCCCCCCCC(=O)OC1C(OCC(NC(=O)C(O)CCCCCCCC/C=C\CCCCCC)C(O)/C=C/CCCCCCCCCCC)OC(CO)C(O)C1O. The average molecular weight is 1110 g/mol. The van der Waals surface area contributed by atoms with E-state index in [1.54, 1.807) is 6.08 Å². The predicted octanol–water partition coefficient (Wildman–Crippen LogP) is 15.5. The first-order valence-corrected chi connectivity index (χ1v) is 32.0. The van der Waals surface area contributed by atoms with Gasteiger partial charge in [0.15, 0.2) is 12.4 Å². The van der Waals surface area contributed by atoms with Gasteiger partial charge in [0.2, 0.25) is 5.91 Å². The van der Waals surface area contributed by atoms with Gasteiger partial charge < -0.3 is 45.1 Å². The molecule has 8 atom stereocenters. The fourth-order valence-corrected chi connectivity index (χ4v) is 9.41. The third-order valence-electron chi connectivity index (χ3n) is 14.5. The zero-order valence-electron chi connectivity index (χ0n) is 50.2. The summed E-state index contributed by atoms with van der Waals surface area (Å²) in [7, 11) is 0. The number of hydrogen-bond donors (Lipinski definition) is 6. The number of allylic oxidation sites excluding steroid dienone is 15. The van der Waals surface area contributed by atoms with Gasteiger partial charge in [-0.3, -0.25) is 9.59 Å². The summed E-state index contributed by atoms with van der Waals surface area (Å²) in [6.45, 7) is 5.64. The lowest BCUT2D eigenvalue weighted by atomic mass is 9.99. The molecule has 1 rings (SSSR count). The summed E-state index contributed by atoms with van der Waals surface area (Å²) in [5, 5.41) is 57.0. The summed E-state index contributed by atoms with van der Waals surface area (Å²) in [6, 6.07) is -1.03. The number of unbranched alkanes of at least 4 members (excludes halogenated alkanes) is 25. The summed E-state index contributed by atoms with van der Waals surface area (Å²) in [5.41, 5.74) is 0. The van der Waals surface area contributed by atoms with Crippen molar-refractivity contribution in [2.24, 2.45) is 0 Å². The first kappa shape index (κ1) is 73.6. The van der Waals surface area contributed by atoms with E-state index in [1.807, 2.05) is 6.08 Å².